The van der Waals surface area contributed by atoms with Gasteiger partial charge in [0.2, 0.25) is 0 Å². The lowest BCUT2D eigenvalue weighted by Gasteiger charge is -2.09. The molecule has 0 atom stereocenters. The predicted octanol–water partition coefficient (Wildman–Crippen LogP) is 3.33. The molecule has 2 rings (SSSR count). The number of amides is 1. The van der Waals surface area contributed by atoms with Crippen molar-refractivity contribution in [3.63, 3.8) is 0 Å². The first-order valence-electron chi connectivity index (χ1n) is 6.02. The summed E-state index contributed by atoms with van der Waals surface area (Å²) >= 11 is 5.33. The number of halogens is 1. The van der Waals surface area contributed by atoms with Crippen molar-refractivity contribution in [2.45, 2.75) is 13.8 Å². The van der Waals surface area contributed by atoms with Crippen LogP contribution in [0.1, 0.15) is 31.8 Å². The molecule has 0 saturated heterocycles. The molecule has 1 N–H and O–H groups in total. The minimum absolute atomic E-state index is 0.224. The summed E-state index contributed by atoms with van der Waals surface area (Å²) in [6.45, 7) is 3.76. The molecule has 1 amide bonds. The Labute approximate surface area is 121 Å². The minimum atomic E-state index is -0.579. The largest absolute Gasteiger partial charge is 0.307 e. The molecule has 20 heavy (non-hydrogen) atoms. The van der Waals surface area contributed by atoms with E-state index < -0.39 is 5.24 Å². The fourth-order valence-electron chi connectivity index (χ4n) is 1.94. The molecule has 5 heteroatoms. The fourth-order valence-corrected chi connectivity index (χ4v) is 2.05. The molecular weight excluding hydrogens is 276 g/mol. The van der Waals surface area contributed by atoms with E-state index in [0.29, 0.717) is 11.4 Å². The highest BCUT2D eigenvalue weighted by Crippen LogP contribution is 2.15. The first-order valence-corrected chi connectivity index (χ1v) is 6.40. The molecule has 0 aliphatic heterocycles. The Kier molecular flexibility index (Phi) is 4.15. The molecule has 0 fully saturated rings. The standard InChI is InChI=1S/C15H13ClN2O2/c1-9-4-3-5-10(2)13(9)15(20)18-12-7-6-11(8-17-12)14(16)19/h3-8H,1-2H3,(H,17,18,20). The lowest BCUT2D eigenvalue weighted by atomic mass is 10.0. The van der Waals surface area contributed by atoms with Gasteiger partial charge < -0.3 is 5.32 Å². The molecule has 0 unspecified atom stereocenters. The van der Waals surface area contributed by atoms with Crippen LogP contribution < -0.4 is 5.32 Å². The quantitative estimate of drug-likeness (QED) is 0.881. The van der Waals surface area contributed by atoms with Gasteiger partial charge >= 0.3 is 0 Å². The number of carbonyl (C=O) groups excluding carboxylic acids is 2. The number of aromatic nitrogens is 1. The molecule has 0 bridgehead atoms. The van der Waals surface area contributed by atoms with Gasteiger partial charge in [0.25, 0.3) is 11.1 Å². The lowest BCUT2D eigenvalue weighted by molar-refractivity contribution is 0.102. The van der Waals surface area contributed by atoms with Crippen LogP contribution in [0.3, 0.4) is 0 Å². The number of aryl methyl sites for hydroxylation is 2. The normalized spacial score (nSPS) is 10.2. The number of hydrogen-bond donors (Lipinski definition) is 1. The molecule has 1 aromatic heterocycles. The molecule has 0 aliphatic rings. The van der Waals surface area contributed by atoms with Crippen LogP contribution in [-0.4, -0.2) is 16.1 Å². The number of carbonyl (C=O) groups is 2. The van der Waals surface area contributed by atoms with Gasteiger partial charge in [0.05, 0.1) is 5.56 Å². The van der Waals surface area contributed by atoms with Gasteiger partial charge in [0.1, 0.15) is 5.82 Å². The van der Waals surface area contributed by atoms with Gasteiger partial charge in [0, 0.05) is 11.8 Å². The van der Waals surface area contributed by atoms with Crippen LogP contribution in [0.2, 0.25) is 0 Å². The van der Waals surface area contributed by atoms with Crippen LogP contribution in [0.4, 0.5) is 5.82 Å². The summed E-state index contributed by atoms with van der Waals surface area (Å²) in [5.74, 6) is 0.150. The Morgan fingerprint density at radius 1 is 1.10 bits per heavy atom. The van der Waals surface area contributed by atoms with Gasteiger partial charge in [-0.1, -0.05) is 18.2 Å². The average molecular weight is 289 g/mol. The Morgan fingerprint density at radius 3 is 2.25 bits per heavy atom. The highest BCUT2D eigenvalue weighted by molar-refractivity contribution is 6.67. The summed E-state index contributed by atoms with van der Waals surface area (Å²) in [6, 6.07) is 8.72. The van der Waals surface area contributed by atoms with E-state index in [0.717, 1.165) is 11.1 Å². The maximum atomic E-state index is 12.2. The zero-order chi connectivity index (χ0) is 14.7. The molecular formula is C15H13ClN2O2. The zero-order valence-corrected chi connectivity index (χ0v) is 11.9. The highest BCUT2D eigenvalue weighted by atomic mass is 35.5. The fraction of sp³-hybridized carbons (Fsp3) is 0.133. The third kappa shape index (κ3) is 3.03. The first-order chi connectivity index (χ1) is 9.49. The zero-order valence-electron chi connectivity index (χ0n) is 11.1. The molecule has 2 aromatic rings. The van der Waals surface area contributed by atoms with Crippen LogP contribution in [0.5, 0.6) is 0 Å². The van der Waals surface area contributed by atoms with E-state index in [1.807, 2.05) is 32.0 Å². The van der Waals surface area contributed by atoms with Crippen LogP contribution in [0.15, 0.2) is 36.5 Å². The molecule has 1 aromatic carbocycles. The van der Waals surface area contributed by atoms with Crippen molar-refractivity contribution in [2.75, 3.05) is 5.32 Å². The summed E-state index contributed by atoms with van der Waals surface area (Å²) in [4.78, 5) is 27.1. The second-order valence-corrected chi connectivity index (χ2v) is 4.77. The smallest absolute Gasteiger partial charge is 0.257 e. The molecule has 1 heterocycles. The van der Waals surface area contributed by atoms with E-state index in [1.54, 1.807) is 6.07 Å². The first kappa shape index (κ1) is 14.2. The van der Waals surface area contributed by atoms with Crippen molar-refractivity contribution in [3.8, 4) is 0 Å². The minimum Gasteiger partial charge on any atom is -0.307 e. The van der Waals surface area contributed by atoms with Gasteiger partial charge in [-0.3, -0.25) is 9.59 Å². The highest BCUT2D eigenvalue weighted by Gasteiger charge is 2.12. The number of benzene rings is 1. The summed E-state index contributed by atoms with van der Waals surface area (Å²) in [7, 11) is 0. The summed E-state index contributed by atoms with van der Waals surface area (Å²) in [5, 5.41) is 2.12. The second kappa shape index (κ2) is 5.84. The van der Waals surface area contributed by atoms with Crippen molar-refractivity contribution in [2.24, 2.45) is 0 Å². The summed E-state index contributed by atoms with van der Waals surface area (Å²) in [5.41, 5.74) is 2.72. The Bertz CT molecular complexity index is 646. The Balaban J connectivity index is 2.21. The lowest BCUT2D eigenvalue weighted by Crippen LogP contribution is -2.15. The number of nitrogens with zero attached hydrogens (tertiary/aromatic N) is 1. The number of pyridine rings is 1. The van der Waals surface area contributed by atoms with Gasteiger partial charge in [0.15, 0.2) is 0 Å². The maximum absolute atomic E-state index is 12.2. The van der Waals surface area contributed by atoms with E-state index in [9.17, 15) is 9.59 Å². The Hall–Kier alpha value is -2.20. The van der Waals surface area contributed by atoms with Crippen LogP contribution in [0.25, 0.3) is 0 Å². The van der Waals surface area contributed by atoms with Crippen molar-refractivity contribution in [1.82, 2.24) is 4.98 Å². The van der Waals surface area contributed by atoms with E-state index in [4.69, 9.17) is 11.6 Å². The van der Waals surface area contributed by atoms with Crippen LogP contribution in [0, 0.1) is 13.8 Å². The number of nitrogens with one attached hydrogen (secondary N) is 1. The van der Waals surface area contributed by atoms with E-state index in [1.165, 1.54) is 12.3 Å². The van der Waals surface area contributed by atoms with E-state index in [-0.39, 0.29) is 11.5 Å². The monoisotopic (exact) mass is 288 g/mol. The number of anilines is 1. The molecule has 0 aliphatic carbocycles. The topological polar surface area (TPSA) is 59.1 Å². The van der Waals surface area contributed by atoms with Gasteiger partial charge in [-0.15, -0.1) is 0 Å². The summed E-state index contributed by atoms with van der Waals surface area (Å²) < 4.78 is 0. The molecule has 0 radical (unpaired) electrons. The average Bonchev–Trinajstić information content (AvgIpc) is 2.39. The van der Waals surface area contributed by atoms with Gasteiger partial charge in [-0.25, -0.2) is 4.98 Å². The van der Waals surface area contributed by atoms with Gasteiger partial charge in [-0.05, 0) is 48.7 Å². The van der Waals surface area contributed by atoms with Crippen LogP contribution >= 0.6 is 11.6 Å². The number of hydrogen-bond acceptors (Lipinski definition) is 3. The van der Waals surface area contributed by atoms with Crippen LogP contribution in [-0.2, 0) is 0 Å². The Morgan fingerprint density at radius 2 is 1.75 bits per heavy atom. The van der Waals surface area contributed by atoms with Crippen molar-refractivity contribution < 1.29 is 9.59 Å². The van der Waals surface area contributed by atoms with E-state index >= 15 is 0 Å². The third-order valence-corrected chi connectivity index (χ3v) is 3.16. The molecule has 4 nitrogen and oxygen atoms in total. The van der Waals surface area contributed by atoms with Crippen molar-refractivity contribution in [3.05, 3.63) is 58.8 Å². The summed E-state index contributed by atoms with van der Waals surface area (Å²) in [6.07, 6.45) is 1.33. The molecule has 102 valence electrons. The number of rotatable bonds is 3. The van der Waals surface area contributed by atoms with Crippen molar-refractivity contribution in [1.29, 1.82) is 0 Å². The third-order valence-electron chi connectivity index (χ3n) is 2.94. The van der Waals surface area contributed by atoms with Crippen molar-refractivity contribution >= 4 is 28.6 Å². The SMILES string of the molecule is Cc1cccc(C)c1C(=O)Nc1ccc(C(=O)Cl)cn1. The predicted molar refractivity (Wildman–Crippen MR) is 78.3 cm³/mol. The second-order valence-electron chi connectivity index (χ2n) is 4.43. The molecule has 0 saturated carbocycles. The molecule has 0 spiro atoms. The van der Waals surface area contributed by atoms with Gasteiger partial charge in [-0.2, -0.15) is 0 Å². The maximum Gasteiger partial charge on any atom is 0.257 e. The van der Waals surface area contributed by atoms with E-state index in [2.05, 4.69) is 10.3 Å².